The van der Waals surface area contributed by atoms with E-state index in [1.807, 2.05) is 6.08 Å². The minimum Gasteiger partial charge on any atom is -0.355 e. The molecular weight excluding hydrogens is 183 g/mol. The van der Waals surface area contributed by atoms with Gasteiger partial charge in [0.2, 0.25) is 0 Å². The molecule has 0 aliphatic carbocycles. The molecule has 3 heteroatoms. The predicted molar refractivity (Wildman–Crippen MR) is 60.0 cm³/mol. The van der Waals surface area contributed by atoms with Crippen LogP contribution in [0.1, 0.15) is 39.0 Å². The second-order valence-corrected chi connectivity index (χ2v) is 3.19. The van der Waals surface area contributed by atoms with Gasteiger partial charge in [0.15, 0.2) is 0 Å². The third kappa shape index (κ3) is 16.9. The van der Waals surface area contributed by atoms with Gasteiger partial charge in [-0.3, -0.25) is 0 Å². The molecule has 0 aliphatic heterocycles. The molecule has 0 atom stereocenters. The Balaban J connectivity index is 0. The molecule has 0 unspecified atom stereocenters. The first-order chi connectivity index (χ1) is 6.91. The van der Waals surface area contributed by atoms with Gasteiger partial charge in [0, 0.05) is 6.61 Å². The van der Waals surface area contributed by atoms with Crippen molar-refractivity contribution in [3.8, 4) is 0 Å². The maximum Gasteiger partial charge on any atom is 1.00 e. The second-order valence-electron chi connectivity index (χ2n) is 3.19. The van der Waals surface area contributed by atoms with Gasteiger partial charge in [-0.25, -0.2) is 0 Å². The average molecular weight is 206 g/mol. The van der Waals surface area contributed by atoms with E-state index >= 15 is 0 Å². The standard InChI is InChI=1S/C12H23O2.Li/c1-3-5-7-9-11-14-12-13-10-8-6-4-2;/h5,7H,1,3-4,6,8-12H2,2H3;/q-1;+1. The monoisotopic (exact) mass is 206 g/mol. The Bertz CT molecular complexity index is 127. The van der Waals surface area contributed by atoms with Gasteiger partial charge >= 0.3 is 18.9 Å². The third-order valence-corrected chi connectivity index (χ3v) is 1.82. The number of allylic oxidation sites excluding steroid dienone is 1. The molecule has 84 valence electrons. The van der Waals surface area contributed by atoms with Gasteiger partial charge in [-0.1, -0.05) is 25.8 Å². The predicted octanol–water partition coefficient (Wildman–Crippen LogP) is 0.342. The molecule has 0 saturated carbocycles. The molecular formula is C12H23LiO2. The quantitative estimate of drug-likeness (QED) is 0.169. The number of unbranched alkanes of at least 4 members (excludes halogenated alkanes) is 2. The van der Waals surface area contributed by atoms with Crippen LogP contribution in [-0.4, -0.2) is 20.0 Å². The first-order valence-corrected chi connectivity index (χ1v) is 5.51. The van der Waals surface area contributed by atoms with E-state index in [-0.39, 0.29) is 18.9 Å². The van der Waals surface area contributed by atoms with Crippen LogP contribution in [0.3, 0.4) is 0 Å². The molecule has 0 heterocycles. The summed E-state index contributed by atoms with van der Waals surface area (Å²) in [7, 11) is 0. The van der Waals surface area contributed by atoms with Crippen molar-refractivity contribution in [3.63, 3.8) is 0 Å². The Labute approximate surface area is 107 Å². The molecule has 0 saturated heterocycles. The van der Waals surface area contributed by atoms with Crippen LogP contribution in [0.2, 0.25) is 0 Å². The average Bonchev–Trinajstić information content (AvgIpc) is 2.21. The zero-order valence-electron chi connectivity index (χ0n) is 10.3. The van der Waals surface area contributed by atoms with E-state index in [0.29, 0.717) is 6.79 Å². The molecule has 15 heavy (non-hydrogen) atoms. The summed E-state index contributed by atoms with van der Waals surface area (Å²) in [5.41, 5.74) is 0. The van der Waals surface area contributed by atoms with Crippen molar-refractivity contribution in [2.75, 3.05) is 20.0 Å². The van der Waals surface area contributed by atoms with E-state index in [2.05, 4.69) is 19.9 Å². The number of hydrogen-bond donors (Lipinski definition) is 0. The summed E-state index contributed by atoms with van der Waals surface area (Å²) in [4.78, 5) is 0. The summed E-state index contributed by atoms with van der Waals surface area (Å²) >= 11 is 0. The van der Waals surface area contributed by atoms with Crippen molar-refractivity contribution in [1.29, 1.82) is 0 Å². The van der Waals surface area contributed by atoms with Crippen LogP contribution < -0.4 is 18.9 Å². The summed E-state index contributed by atoms with van der Waals surface area (Å²) in [6, 6.07) is 0. The van der Waals surface area contributed by atoms with Crippen LogP contribution in [0, 0.1) is 6.92 Å². The number of rotatable bonds is 10. The Hall–Kier alpha value is 0.257. The van der Waals surface area contributed by atoms with Crippen molar-refractivity contribution < 1.29 is 28.3 Å². The summed E-state index contributed by atoms with van der Waals surface area (Å²) < 4.78 is 10.6. The van der Waals surface area contributed by atoms with Crippen LogP contribution in [0.5, 0.6) is 0 Å². The van der Waals surface area contributed by atoms with E-state index < -0.39 is 0 Å². The molecule has 2 nitrogen and oxygen atoms in total. The van der Waals surface area contributed by atoms with Gasteiger partial charge < -0.3 is 16.4 Å². The second kappa shape index (κ2) is 16.7. The largest absolute Gasteiger partial charge is 1.00 e. The number of ether oxygens (including phenoxy) is 2. The van der Waals surface area contributed by atoms with Crippen molar-refractivity contribution in [2.24, 2.45) is 0 Å². The van der Waals surface area contributed by atoms with E-state index in [0.717, 1.165) is 32.5 Å². The summed E-state index contributed by atoms with van der Waals surface area (Å²) in [5.74, 6) is 0. The SMILES string of the molecule is [CH2-]CC=CCCOCOCCCCC.[Li+]. The van der Waals surface area contributed by atoms with E-state index in [4.69, 9.17) is 9.47 Å². The van der Waals surface area contributed by atoms with Crippen LogP contribution in [0.25, 0.3) is 0 Å². The molecule has 0 aromatic heterocycles. The molecule has 0 aromatic carbocycles. The topological polar surface area (TPSA) is 18.5 Å². The summed E-state index contributed by atoms with van der Waals surface area (Å²) in [5, 5.41) is 0. The van der Waals surface area contributed by atoms with Crippen LogP contribution in [-0.2, 0) is 9.47 Å². The minimum absolute atomic E-state index is 0. The van der Waals surface area contributed by atoms with E-state index in [9.17, 15) is 0 Å². The smallest absolute Gasteiger partial charge is 0.355 e. The number of hydrogen-bond acceptors (Lipinski definition) is 2. The van der Waals surface area contributed by atoms with Gasteiger partial charge in [0.1, 0.15) is 6.79 Å². The maximum atomic E-state index is 5.28. The summed E-state index contributed by atoms with van der Waals surface area (Å²) in [6.45, 7) is 7.89. The Morgan fingerprint density at radius 3 is 2.47 bits per heavy atom. The first kappa shape index (κ1) is 17.6. The molecule has 0 N–H and O–H groups in total. The van der Waals surface area contributed by atoms with Gasteiger partial charge in [-0.15, -0.1) is 6.08 Å². The van der Waals surface area contributed by atoms with Crippen molar-refractivity contribution in [3.05, 3.63) is 19.1 Å². The van der Waals surface area contributed by atoms with Gasteiger partial charge in [0.05, 0.1) is 6.61 Å². The fourth-order valence-corrected chi connectivity index (χ4v) is 1.02. The molecule has 0 radical (unpaired) electrons. The van der Waals surface area contributed by atoms with E-state index in [1.54, 1.807) is 0 Å². The van der Waals surface area contributed by atoms with Crippen molar-refractivity contribution in [1.82, 2.24) is 0 Å². The Morgan fingerprint density at radius 1 is 1.07 bits per heavy atom. The molecule has 0 rings (SSSR count). The zero-order chi connectivity index (χ0) is 10.5. The van der Waals surface area contributed by atoms with Gasteiger partial charge in [-0.05, 0) is 12.8 Å². The zero-order valence-corrected chi connectivity index (χ0v) is 10.3. The maximum absolute atomic E-state index is 5.28. The van der Waals surface area contributed by atoms with Crippen LogP contribution in [0.15, 0.2) is 12.2 Å². The fourth-order valence-electron chi connectivity index (χ4n) is 1.02. The fraction of sp³-hybridized carbons (Fsp3) is 0.750. The van der Waals surface area contributed by atoms with Gasteiger partial charge in [0.25, 0.3) is 0 Å². The minimum atomic E-state index is 0. The molecule has 0 aliphatic rings. The van der Waals surface area contributed by atoms with Gasteiger partial charge in [-0.2, -0.15) is 6.42 Å². The third-order valence-electron chi connectivity index (χ3n) is 1.82. The molecule has 0 amide bonds. The molecule has 0 aromatic rings. The first-order valence-electron chi connectivity index (χ1n) is 5.51. The molecule has 0 bridgehead atoms. The summed E-state index contributed by atoms with van der Waals surface area (Å²) in [6.07, 6.45) is 9.56. The Morgan fingerprint density at radius 2 is 1.80 bits per heavy atom. The van der Waals surface area contributed by atoms with Crippen molar-refractivity contribution >= 4 is 0 Å². The normalized spacial score (nSPS) is 10.5. The molecule has 0 fully saturated rings. The van der Waals surface area contributed by atoms with Crippen molar-refractivity contribution in [2.45, 2.75) is 39.0 Å². The van der Waals surface area contributed by atoms with Crippen LogP contribution in [0.4, 0.5) is 0 Å². The Kier molecular flexibility index (Phi) is 19.6. The molecule has 0 spiro atoms. The van der Waals surface area contributed by atoms with Crippen LogP contribution >= 0.6 is 0 Å². The van der Waals surface area contributed by atoms with E-state index in [1.165, 1.54) is 12.8 Å².